The van der Waals surface area contributed by atoms with Crippen LogP contribution in [-0.2, 0) is 9.57 Å². The van der Waals surface area contributed by atoms with Crippen molar-refractivity contribution in [3.63, 3.8) is 0 Å². The van der Waals surface area contributed by atoms with E-state index >= 15 is 0 Å². The third kappa shape index (κ3) is 5.16. The Hall–Kier alpha value is -2.93. The van der Waals surface area contributed by atoms with E-state index in [1.54, 1.807) is 26.8 Å². The van der Waals surface area contributed by atoms with Crippen molar-refractivity contribution in [2.75, 3.05) is 0 Å². The fourth-order valence-corrected chi connectivity index (χ4v) is 2.83. The van der Waals surface area contributed by atoms with Gasteiger partial charge in [0.2, 0.25) is 0 Å². The topological polar surface area (TPSA) is 78.6 Å². The first-order valence-corrected chi connectivity index (χ1v) is 9.92. The number of hydrogen-bond acceptors (Lipinski definition) is 6. The lowest BCUT2D eigenvalue weighted by atomic mass is 10.2. The van der Waals surface area contributed by atoms with E-state index in [9.17, 15) is 4.79 Å². The largest absolute Gasteiger partial charge is 0.443 e. The Bertz CT molecular complexity index is 1090. The number of fused-ring (bicyclic) bond motifs is 1. The minimum absolute atomic E-state index is 0.229. The van der Waals surface area contributed by atoms with Crippen LogP contribution in [0.3, 0.4) is 0 Å². The molecule has 2 aromatic heterocycles. The second-order valence-electron chi connectivity index (χ2n) is 8.76. The fraction of sp³-hybridized carbons (Fsp3) is 0.364. The first kappa shape index (κ1) is 21.8. The second kappa shape index (κ2) is 8.07. The highest BCUT2D eigenvalue weighted by Gasteiger charge is 2.24. The average Bonchev–Trinajstić information content (AvgIpc) is 2.99. The Morgan fingerprint density at radius 3 is 2.33 bits per heavy atom. The Morgan fingerprint density at radius 2 is 1.73 bits per heavy atom. The van der Waals surface area contributed by atoms with Crippen molar-refractivity contribution in [3.8, 4) is 11.4 Å². The van der Waals surface area contributed by atoms with Crippen LogP contribution in [0.1, 0.15) is 47.2 Å². The van der Waals surface area contributed by atoms with Crippen LogP contribution in [0, 0.1) is 0 Å². The molecular weight excluding hydrogens is 404 g/mol. The van der Waals surface area contributed by atoms with Crippen LogP contribution in [0.4, 0.5) is 4.79 Å². The lowest BCUT2D eigenvalue weighted by Crippen LogP contribution is -2.28. The molecular formula is C22H25ClN4O3. The normalized spacial score (nSPS) is 12.5. The maximum absolute atomic E-state index is 13.0. The Morgan fingerprint density at radius 1 is 1.07 bits per heavy atom. The van der Waals surface area contributed by atoms with Crippen LogP contribution in [-0.4, -0.2) is 38.0 Å². The van der Waals surface area contributed by atoms with E-state index in [0.29, 0.717) is 22.6 Å². The summed E-state index contributed by atoms with van der Waals surface area (Å²) in [5, 5.41) is 4.76. The second-order valence-corrected chi connectivity index (χ2v) is 9.12. The molecule has 0 radical (unpaired) electrons. The summed E-state index contributed by atoms with van der Waals surface area (Å²) in [7, 11) is 0. The lowest BCUT2D eigenvalue weighted by molar-refractivity contribution is 0.00194. The molecule has 2 heterocycles. The molecule has 0 saturated carbocycles. The van der Waals surface area contributed by atoms with Crippen LogP contribution in [0.5, 0.6) is 0 Å². The Kier molecular flexibility index (Phi) is 5.85. The van der Waals surface area contributed by atoms with Gasteiger partial charge in [0.25, 0.3) is 0 Å². The van der Waals surface area contributed by atoms with Gasteiger partial charge < -0.3 is 9.57 Å². The molecule has 30 heavy (non-hydrogen) atoms. The molecule has 0 aliphatic rings. The summed E-state index contributed by atoms with van der Waals surface area (Å²) in [6.07, 6.45) is 0.846. The summed E-state index contributed by atoms with van der Waals surface area (Å²) in [4.78, 5) is 27.4. The van der Waals surface area contributed by atoms with Gasteiger partial charge in [0, 0.05) is 5.56 Å². The number of ether oxygens (including phenoxy) is 1. The van der Waals surface area contributed by atoms with Crippen LogP contribution in [0.15, 0.2) is 41.6 Å². The summed E-state index contributed by atoms with van der Waals surface area (Å²) >= 11 is 6.45. The maximum Gasteiger partial charge on any atom is 0.420 e. The van der Waals surface area contributed by atoms with Crippen molar-refractivity contribution >= 4 is 34.9 Å². The number of aromatic nitrogens is 3. The number of benzene rings is 1. The van der Waals surface area contributed by atoms with E-state index in [1.165, 1.54) is 10.8 Å². The Labute approximate surface area is 180 Å². The molecule has 3 aromatic rings. The summed E-state index contributed by atoms with van der Waals surface area (Å²) in [5.74, 6) is 0.408. The minimum Gasteiger partial charge on any atom is -0.443 e. The van der Waals surface area contributed by atoms with Gasteiger partial charge in [-0.15, -0.1) is 0 Å². The van der Waals surface area contributed by atoms with Crippen molar-refractivity contribution in [2.24, 2.45) is 5.16 Å². The average molecular weight is 429 g/mol. The number of oxime groups is 1. The molecule has 7 nitrogen and oxygen atoms in total. The summed E-state index contributed by atoms with van der Waals surface area (Å²) in [5.41, 5.74) is 0.370. The first-order valence-electron chi connectivity index (χ1n) is 9.54. The molecule has 0 fully saturated rings. The molecule has 158 valence electrons. The number of halogens is 1. The minimum atomic E-state index is -0.691. The molecule has 3 rings (SSSR count). The van der Waals surface area contributed by atoms with Crippen molar-refractivity contribution in [3.05, 3.63) is 47.2 Å². The van der Waals surface area contributed by atoms with Crippen LogP contribution in [0.25, 0.3) is 22.4 Å². The van der Waals surface area contributed by atoms with Gasteiger partial charge in [-0.25, -0.2) is 19.3 Å². The third-order valence-corrected chi connectivity index (χ3v) is 4.05. The van der Waals surface area contributed by atoms with Gasteiger partial charge in [0.15, 0.2) is 11.5 Å². The van der Waals surface area contributed by atoms with Crippen LogP contribution < -0.4 is 0 Å². The lowest BCUT2D eigenvalue weighted by Gasteiger charge is -2.20. The molecule has 0 aliphatic carbocycles. The summed E-state index contributed by atoms with van der Waals surface area (Å²) < 4.78 is 6.91. The van der Waals surface area contributed by atoms with Crippen molar-refractivity contribution in [1.29, 1.82) is 0 Å². The monoisotopic (exact) mass is 428 g/mol. The number of carbonyl (C=O) groups is 1. The maximum atomic E-state index is 13.0. The number of carbonyl (C=O) groups excluding carboxylic acids is 1. The van der Waals surface area contributed by atoms with Gasteiger partial charge in [0.1, 0.15) is 16.4 Å². The van der Waals surface area contributed by atoms with E-state index in [0.717, 1.165) is 5.56 Å². The highest BCUT2D eigenvalue weighted by Crippen LogP contribution is 2.28. The van der Waals surface area contributed by atoms with Crippen molar-refractivity contribution in [1.82, 2.24) is 14.5 Å². The van der Waals surface area contributed by atoms with E-state index in [4.69, 9.17) is 21.2 Å². The van der Waals surface area contributed by atoms with Crippen LogP contribution in [0.2, 0.25) is 5.15 Å². The van der Waals surface area contributed by atoms with E-state index in [1.807, 2.05) is 51.1 Å². The highest BCUT2D eigenvalue weighted by molar-refractivity contribution is 6.34. The van der Waals surface area contributed by atoms with Crippen molar-refractivity contribution in [2.45, 2.75) is 52.7 Å². The van der Waals surface area contributed by atoms with Crippen molar-refractivity contribution < 1.29 is 14.4 Å². The molecule has 0 bridgehead atoms. The molecule has 0 atom stereocenters. The fourth-order valence-electron chi connectivity index (χ4n) is 2.61. The van der Waals surface area contributed by atoms with Gasteiger partial charge in [-0.1, -0.05) is 47.1 Å². The zero-order valence-electron chi connectivity index (χ0n) is 17.9. The molecule has 0 spiro atoms. The molecule has 0 aliphatic heterocycles. The number of rotatable bonds is 3. The first-order chi connectivity index (χ1) is 13.9. The van der Waals surface area contributed by atoms with Gasteiger partial charge in [-0.05, 0) is 47.6 Å². The molecule has 0 unspecified atom stereocenters. The molecule has 1 aromatic carbocycles. The third-order valence-electron chi connectivity index (χ3n) is 3.76. The highest BCUT2D eigenvalue weighted by atomic mass is 35.5. The summed E-state index contributed by atoms with van der Waals surface area (Å²) in [6, 6.07) is 11.1. The van der Waals surface area contributed by atoms with E-state index in [-0.39, 0.29) is 5.15 Å². The van der Waals surface area contributed by atoms with Gasteiger partial charge in [0.05, 0.1) is 17.3 Å². The zero-order valence-corrected chi connectivity index (χ0v) is 18.7. The predicted molar refractivity (Wildman–Crippen MR) is 118 cm³/mol. The standard InChI is InChI=1S/C22H25ClN4O3/c1-21(2,3)29-20(28)27-15(13-24-30-22(4,5)6)12-16-17(23)25-18(26-19(16)27)14-10-8-7-9-11-14/h7-13H,1-6H3/b24-13+. The van der Waals surface area contributed by atoms with Gasteiger partial charge in [-0.3, -0.25) is 0 Å². The zero-order chi connectivity index (χ0) is 22.1. The number of nitrogens with zero attached hydrogens (tertiary/aromatic N) is 4. The Balaban J connectivity index is 2.18. The van der Waals surface area contributed by atoms with Gasteiger partial charge >= 0.3 is 6.09 Å². The smallest absolute Gasteiger partial charge is 0.420 e. The van der Waals surface area contributed by atoms with Gasteiger partial charge in [-0.2, -0.15) is 0 Å². The molecule has 0 saturated heterocycles. The predicted octanol–water partition coefficient (Wildman–Crippen LogP) is 5.68. The molecule has 8 heteroatoms. The molecule has 0 amide bonds. The quantitative estimate of drug-likeness (QED) is 0.304. The number of hydrogen-bond donors (Lipinski definition) is 0. The SMILES string of the molecule is CC(C)(C)O/N=C/c1cc2c(Cl)nc(-c3ccccc3)nc2n1C(=O)OC(C)(C)C. The van der Waals surface area contributed by atoms with E-state index in [2.05, 4.69) is 15.1 Å². The van der Waals surface area contributed by atoms with Crippen LogP contribution >= 0.6 is 11.6 Å². The van der Waals surface area contributed by atoms with E-state index < -0.39 is 17.3 Å². The summed E-state index contributed by atoms with van der Waals surface area (Å²) in [6.45, 7) is 11.0. The molecule has 0 N–H and O–H groups in total.